The molecule has 1 unspecified atom stereocenters. The van der Waals surface area contributed by atoms with Gasteiger partial charge < -0.3 is 15.2 Å². The number of methoxy groups -OCH3 is 1. The van der Waals surface area contributed by atoms with E-state index >= 15 is 0 Å². The fourth-order valence-electron chi connectivity index (χ4n) is 1.66. The molecule has 0 heterocycles. The van der Waals surface area contributed by atoms with Crippen molar-refractivity contribution in [1.82, 2.24) is 0 Å². The minimum Gasteiger partial charge on any atom is -0.491 e. The number of nitrogens with two attached hydrogens (primary N) is 1. The maximum absolute atomic E-state index is 11.4. The van der Waals surface area contributed by atoms with Gasteiger partial charge in [-0.1, -0.05) is 25.5 Å². The number of benzene rings is 1. The number of aryl methyl sites for hydroxylation is 1. The number of esters is 1. The zero-order valence-electron chi connectivity index (χ0n) is 11.9. The minimum absolute atomic E-state index is 0.0913. The molecule has 0 aliphatic carbocycles. The van der Waals surface area contributed by atoms with Gasteiger partial charge in [0, 0.05) is 0 Å². The fraction of sp³-hybridized carbons (Fsp3) is 0.533. The molecular weight excluding hydrogens is 242 g/mol. The first-order valence-electron chi connectivity index (χ1n) is 6.58. The van der Waals surface area contributed by atoms with Gasteiger partial charge in [0.25, 0.3) is 0 Å². The van der Waals surface area contributed by atoms with Crippen molar-refractivity contribution in [3.63, 3.8) is 0 Å². The van der Waals surface area contributed by atoms with Crippen molar-refractivity contribution in [2.24, 2.45) is 5.73 Å². The maximum atomic E-state index is 11.4. The molecule has 2 N–H and O–H groups in total. The van der Waals surface area contributed by atoms with Crippen LogP contribution in [0, 0.1) is 0 Å². The van der Waals surface area contributed by atoms with E-state index in [2.05, 4.69) is 11.7 Å². The quantitative estimate of drug-likeness (QED) is 0.768. The summed E-state index contributed by atoms with van der Waals surface area (Å²) >= 11 is 0. The molecule has 4 nitrogen and oxygen atoms in total. The Balaban J connectivity index is 2.52. The molecule has 0 spiro atoms. The van der Waals surface area contributed by atoms with E-state index in [9.17, 15) is 4.79 Å². The van der Waals surface area contributed by atoms with Gasteiger partial charge in [-0.05, 0) is 37.5 Å². The van der Waals surface area contributed by atoms with Crippen molar-refractivity contribution >= 4 is 5.97 Å². The van der Waals surface area contributed by atoms with Gasteiger partial charge in [-0.25, -0.2) is 4.79 Å². The summed E-state index contributed by atoms with van der Waals surface area (Å²) in [5.41, 5.74) is 5.97. The Kier molecular flexibility index (Phi) is 5.83. The minimum atomic E-state index is -1.13. The van der Waals surface area contributed by atoms with E-state index in [1.807, 2.05) is 24.3 Å². The van der Waals surface area contributed by atoms with Crippen LogP contribution in [0.25, 0.3) is 0 Å². The molecule has 0 bridgehead atoms. The normalized spacial score (nSPS) is 13.7. The molecule has 0 saturated heterocycles. The van der Waals surface area contributed by atoms with E-state index in [0.29, 0.717) is 5.75 Å². The lowest BCUT2D eigenvalue weighted by atomic mass is 10.1. The first kappa shape index (κ1) is 15.5. The number of carbonyl (C=O) groups is 1. The Morgan fingerprint density at radius 2 is 1.95 bits per heavy atom. The third-order valence-electron chi connectivity index (χ3n) is 2.93. The van der Waals surface area contributed by atoms with E-state index < -0.39 is 11.5 Å². The van der Waals surface area contributed by atoms with Crippen LogP contribution in [0.15, 0.2) is 24.3 Å². The molecule has 4 heteroatoms. The van der Waals surface area contributed by atoms with Crippen molar-refractivity contribution < 1.29 is 14.3 Å². The lowest BCUT2D eigenvalue weighted by molar-refractivity contribution is -0.147. The summed E-state index contributed by atoms with van der Waals surface area (Å²) in [4.78, 5) is 11.4. The number of hydrogen-bond acceptors (Lipinski definition) is 4. The topological polar surface area (TPSA) is 61.5 Å². The molecule has 0 aliphatic heterocycles. The van der Waals surface area contributed by atoms with Gasteiger partial charge in [0.2, 0.25) is 0 Å². The van der Waals surface area contributed by atoms with Crippen molar-refractivity contribution in [2.75, 3.05) is 13.7 Å². The predicted octanol–water partition coefficient (Wildman–Crippen LogP) is 2.30. The van der Waals surface area contributed by atoms with Crippen LogP contribution in [-0.4, -0.2) is 25.2 Å². The summed E-state index contributed by atoms with van der Waals surface area (Å²) in [5, 5.41) is 0. The van der Waals surface area contributed by atoms with E-state index in [1.165, 1.54) is 25.5 Å². The monoisotopic (exact) mass is 265 g/mol. The SMILES string of the molecule is CCCCc1ccc(OCC(C)(N)C(=O)OC)cc1. The Bertz CT molecular complexity index is 398. The van der Waals surface area contributed by atoms with Gasteiger partial charge >= 0.3 is 5.97 Å². The van der Waals surface area contributed by atoms with Crippen LogP contribution in [-0.2, 0) is 16.0 Å². The zero-order valence-corrected chi connectivity index (χ0v) is 11.9. The van der Waals surface area contributed by atoms with Gasteiger partial charge in [-0.3, -0.25) is 0 Å². The number of unbranched alkanes of at least 4 members (excludes halogenated alkanes) is 1. The largest absolute Gasteiger partial charge is 0.491 e. The van der Waals surface area contributed by atoms with Gasteiger partial charge in [0.15, 0.2) is 0 Å². The van der Waals surface area contributed by atoms with Gasteiger partial charge in [0.05, 0.1) is 7.11 Å². The van der Waals surface area contributed by atoms with Crippen molar-refractivity contribution in [3.05, 3.63) is 29.8 Å². The smallest absolute Gasteiger partial charge is 0.329 e. The lowest BCUT2D eigenvalue weighted by Crippen LogP contribution is -2.50. The van der Waals surface area contributed by atoms with E-state index in [1.54, 1.807) is 6.92 Å². The summed E-state index contributed by atoms with van der Waals surface area (Å²) in [5.74, 6) is 0.230. The second-order valence-corrected chi connectivity index (χ2v) is 4.95. The Labute approximate surface area is 114 Å². The fourth-order valence-corrected chi connectivity index (χ4v) is 1.66. The van der Waals surface area contributed by atoms with Crippen molar-refractivity contribution in [1.29, 1.82) is 0 Å². The number of ether oxygens (including phenoxy) is 2. The number of carbonyl (C=O) groups excluding carboxylic acids is 1. The molecule has 0 amide bonds. The molecule has 0 fully saturated rings. The summed E-state index contributed by atoms with van der Waals surface area (Å²) in [6.07, 6.45) is 3.44. The Hall–Kier alpha value is -1.55. The molecule has 0 radical (unpaired) electrons. The molecular formula is C15H23NO3. The molecule has 1 atom stereocenters. The average molecular weight is 265 g/mol. The van der Waals surface area contributed by atoms with Crippen molar-refractivity contribution in [2.45, 2.75) is 38.6 Å². The summed E-state index contributed by atoms with van der Waals surface area (Å²) in [6, 6.07) is 7.88. The Morgan fingerprint density at radius 3 is 2.47 bits per heavy atom. The second-order valence-electron chi connectivity index (χ2n) is 4.95. The molecule has 0 saturated carbocycles. The molecule has 19 heavy (non-hydrogen) atoms. The second kappa shape index (κ2) is 7.14. The number of hydrogen-bond donors (Lipinski definition) is 1. The van der Waals surface area contributed by atoms with Crippen LogP contribution in [0.5, 0.6) is 5.75 Å². The first-order chi connectivity index (χ1) is 8.99. The molecule has 1 aromatic rings. The summed E-state index contributed by atoms with van der Waals surface area (Å²) in [6.45, 7) is 3.86. The highest BCUT2D eigenvalue weighted by atomic mass is 16.5. The van der Waals surface area contributed by atoms with E-state index in [0.717, 1.165) is 6.42 Å². The van der Waals surface area contributed by atoms with Crippen LogP contribution < -0.4 is 10.5 Å². The molecule has 0 aromatic heterocycles. The van der Waals surface area contributed by atoms with Crippen LogP contribution in [0.4, 0.5) is 0 Å². The maximum Gasteiger partial charge on any atom is 0.329 e. The standard InChI is InChI=1S/C15H23NO3/c1-4-5-6-12-7-9-13(10-8-12)19-11-15(2,16)14(17)18-3/h7-10H,4-6,11,16H2,1-3H3. The van der Waals surface area contributed by atoms with Crippen LogP contribution >= 0.6 is 0 Å². The van der Waals surface area contributed by atoms with Crippen LogP contribution in [0.2, 0.25) is 0 Å². The molecule has 1 aromatic carbocycles. The molecule has 0 aliphatic rings. The third-order valence-corrected chi connectivity index (χ3v) is 2.93. The highest BCUT2D eigenvalue weighted by Crippen LogP contribution is 2.15. The highest BCUT2D eigenvalue weighted by Gasteiger charge is 2.30. The Morgan fingerprint density at radius 1 is 1.32 bits per heavy atom. The number of rotatable bonds is 7. The molecule has 106 valence electrons. The van der Waals surface area contributed by atoms with Crippen molar-refractivity contribution in [3.8, 4) is 5.75 Å². The first-order valence-corrected chi connectivity index (χ1v) is 6.58. The molecule has 1 rings (SSSR count). The van der Waals surface area contributed by atoms with Crippen LogP contribution in [0.1, 0.15) is 32.3 Å². The zero-order chi connectivity index (χ0) is 14.3. The van der Waals surface area contributed by atoms with E-state index in [4.69, 9.17) is 10.5 Å². The van der Waals surface area contributed by atoms with Gasteiger partial charge in [-0.15, -0.1) is 0 Å². The highest BCUT2D eigenvalue weighted by molar-refractivity contribution is 5.80. The van der Waals surface area contributed by atoms with Gasteiger partial charge in [-0.2, -0.15) is 0 Å². The van der Waals surface area contributed by atoms with Crippen LogP contribution in [0.3, 0.4) is 0 Å². The van der Waals surface area contributed by atoms with E-state index in [-0.39, 0.29) is 6.61 Å². The van der Waals surface area contributed by atoms with Gasteiger partial charge in [0.1, 0.15) is 17.9 Å². The summed E-state index contributed by atoms with van der Waals surface area (Å²) < 4.78 is 10.2. The lowest BCUT2D eigenvalue weighted by Gasteiger charge is -2.21. The predicted molar refractivity (Wildman–Crippen MR) is 75.2 cm³/mol. The summed E-state index contributed by atoms with van der Waals surface area (Å²) in [7, 11) is 1.32. The third kappa shape index (κ3) is 4.91. The average Bonchev–Trinajstić information content (AvgIpc) is 2.43.